The maximum Gasteiger partial charge on any atom is 0.310 e. The molecule has 0 saturated carbocycles. The van der Waals surface area contributed by atoms with Crippen molar-refractivity contribution in [1.29, 1.82) is 0 Å². The fraction of sp³-hybridized carbons (Fsp3) is 0.471. The van der Waals surface area contributed by atoms with Gasteiger partial charge in [0.15, 0.2) is 11.9 Å². The summed E-state index contributed by atoms with van der Waals surface area (Å²) < 4.78 is 5.44. The number of hydrogen-bond donors (Lipinski definition) is 1. The first-order chi connectivity index (χ1) is 11.1. The predicted molar refractivity (Wildman–Crippen MR) is 87.4 cm³/mol. The van der Waals surface area contributed by atoms with E-state index in [1.54, 1.807) is 19.1 Å². The Balaban J connectivity index is 1.83. The SMILES string of the molecule is C[C@H](Oc1ccccc1[N+](=O)[O-])C(=O)NCCC1=CCCCC1. The molecule has 0 aliphatic heterocycles. The number of hydrogen-bond acceptors (Lipinski definition) is 4. The third kappa shape index (κ3) is 5.09. The lowest BCUT2D eigenvalue weighted by Crippen LogP contribution is -2.37. The lowest BCUT2D eigenvalue weighted by Gasteiger charge is -2.16. The van der Waals surface area contributed by atoms with Gasteiger partial charge >= 0.3 is 5.69 Å². The summed E-state index contributed by atoms with van der Waals surface area (Å²) in [4.78, 5) is 22.5. The molecule has 0 bridgehead atoms. The molecule has 2 rings (SSSR count). The summed E-state index contributed by atoms with van der Waals surface area (Å²) in [5.41, 5.74) is 1.25. The smallest absolute Gasteiger partial charge is 0.310 e. The van der Waals surface area contributed by atoms with Crippen LogP contribution in [0.5, 0.6) is 5.75 Å². The van der Waals surface area contributed by atoms with E-state index in [0.717, 1.165) is 19.3 Å². The van der Waals surface area contributed by atoms with Crippen molar-refractivity contribution in [2.24, 2.45) is 0 Å². The minimum Gasteiger partial charge on any atom is -0.474 e. The number of nitrogens with one attached hydrogen (secondary N) is 1. The molecule has 0 saturated heterocycles. The van der Waals surface area contributed by atoms with Crippen molar-refractivity contribution in [3.8, 4) is 5.75 Å². The molecule has 1 aromatic rings. The Hall–Kier alpha value is -2.37. The van der Waals surface area contributed by atoms with Gasteiger partial charge in [0, 0.05) is 12.6 Å². The van der Waals surface area contributed by atoms with Gasteiger partial charge in [-0.2, -0.15) is 0 Å². The van der Waals surface area contributed by atoms with E-state index in [1.807, 2.05) is 0 Å². The number of rotatable bonds is 7. The number of carbonyl (C=O) groups is 1. The Bertz CT molecular complexity index is 598. The van der Waals surface area contributed by atoms with Crippen molar-refractivity contribution in [2.45, 2.75) is 45.1 Å². The van der Waals surface area contributed by atoms with E-state index in [4.69, 9.17) is 4.74 Å². The Labute approximate surface area is 135 Å². The maximum absolute atomic E-state index is 12.0. The zero-order valence-corrected chi connectivity index (χ0v) is 13.3. The summed E-state index contributed by atoms with van der Waals surface area (Å²) in [5.74, 6) is -0.158. The summed E-state index contributed by atoms with van der Waals surface area (Å²) in [6.07, 6.45) is 7.02. The molecular formula is C17H22N2O4. The van der Waals surface area contributed by atoms with E-state index < -0.39 is 11.0 Å². The number of amides is 1. The normalized spacial score (nSPS) is 15.4. The zero-order chi connectivity index (χ0) is 16.7. The Morgan fingerprint density at radius 2 is 2.17 bits per heavy atom. The molecule has 6 heteroatoms. The van der Waals surface area contributed by atoms with Crippen LogP contribution in [0.2, 0.25) is 0 Å². The molecular weight excluding hydrogens is 296 g/mol. The highest BCUT2D eigenvalue weighted by Gasteiger charge is 2.20. The number of allylic oxidation sites excluding steroid dienone is 1. The van der Waals surface area contributed by atoms with Crippen molar-refractivity contribution >= 4 is 11.6 Å². The highest BCUT2D eigenvalue weighted by atomic mass is 16.6. The Morgan fingerprint density at radius 1 is 1.39 bits per heavy atom. The first-order valence-corrected chi connectivity index (χ1v) is 7.93. The monoisotopic (exact) mass is 318 g/mol. The average Bonchev–Trinajstić information content (AvgIpc) is 2.56. The minimum absolute atomic E-state index is 0.107. The summed E-state index contributed by atoms with van der Waals surface area (Å²) in [6, 6.07) is 6.06. The molecule has 0 radical (unpaired) electrons. The summed E-state index contributed by atoms with van der Waals surface area (Å²) in [5, 5.41) is 13.8. The van der Waals surface area contributed by atoms with Crippen LogP contribution in [0.3, 0.4) is 0 Å². The molecule has 1 aromatic carbocycles. The minimum atomic E-state index is -0.781. The van der Waals surface area contributed by atoms with E-state index in [1.165, 1.54) is 30.5 Å². The molecule has 0 fully saturated rings. The van der Waals surface area contributed by atoms with Gasteiger partial charge in [-0.15, -0.1) is 0 Å². The van der Waals surface area contributed by atoms with E-state index >= 15 is 0 Å². The zero-order valence-electron chi connectivity index (χ0n) is 13.3. The fourth-order valence-corrected chi connectivity index (χ4v) is 2.57. The van der Waals surface area contributed by atoms with Gasteiger partial charge in [-0.05, 0) is 45.1 Å². The lowest BCUT2D eigenvalue weighted by molar-refractivity contribution is -0.386. The molecule has 0 unspecified atom stereocenters. The molecule has 0 spiro atoms. The molecule has 1 aliphatic carbocycles. The highest BCUT2D eigenvalue weighted by Crippen LogP contribution is 2.26. The molecule has 6 nitrogen and oxygen atoms in total. The lowest BCUT2D eigenvalue weighted by atomic mass is 9.97. The number of para-hydroxylation sites is 2. The molecule has 1 amide bonds. The van der Waals surface area contributed by atoms with E-state index in [9.17, 15) is 14.9 Å². The van der Waals surface area contributed by atoms with Gasteiger partial charge in [0.25, 0.3) is 5.91 Å². The largest absolute Gasteiger partial charge is 0.474 e. The maximum atomic E-state index is 12.0. The second kappa shape index (κ2) is 8.31. The van der Waals surface area contributed by atoms with Crippen LogP contribution in [-0.4, -0.2) is 23.5 Å². The van der Waals surface area contributed by atoms with Crippen LogP contribution < -0.4 is 10.1 Å². The van der Waals surface area contributed by atoms with Crippen molar-refractivity contribution < 1.29 is 14.5 Å². The first-order valence-electron chi connectivity index (χ1n) is 7.93. The molecule has 124 valence electrons. The second-order valence-corrected chi connectivity index (χ2v) is 5.63. The molecule has 23 heavy (non-hydrogen) atoms. The third-order valence-corrected chi connectivity index (χ3v) is 3.87. The van der Waals surface area contributed by atoms with Crippen molar-refractivity contribution in [2.75, 3.05) is 6.54 Å². The second-order valence-electron chi connectivity index (χ2n) is 5.63. The van der Waals surface area contributed by atoms with Crippen LogP contribution in [0.1, 0.15) is 39.0 Å². The summed E-state index contributed by atoms with van der Waals surface area (Å²) in [6.45, 7) is 2.15. The predicted octanol–water partition coefficient (Wildman–Crippen LogP) is 3.37. The summed E-state index contributed by atoms with van der Waals surface area (Å²) >= 11 is 0. The van der Waals surface area contributed by atoms with Crippen molar-refractivity contribution in [1.82, 2.24) is 5.32 Å². The number of ether oxygens (including phenoxy) is 1. The third-order valence-electron chi connectivity index (χ3n) is 3.87. The quantitative estimate of drug-likeness (QED) is 0.475. The first kappa shape index (κ1) is 17.0. The molecule has 1 N–H and O–H groups in total. The fourth-order valence-electron chi connectivity index (χ4n) is 2.57. The molecule has 1 aliphatic rings. The van der Waals surface area contributed by atoms with Crippen LogP contribution in [0.4, 0.5) is 5.69 Å². The van der Waals surface area contributed by atoms with Crippen LogP contribution >= 0.6 is 0 Å². The number of nitrogens with zero attached hydrogens (tertiary/aromatic N) is 1. The van der Waals surface area contributed by atoms with Gasteiger partial charge in [0.2, 0.25) is 0 Å². The van der Waals surface area contributed by atoms with E-state index in [0.29, 0.717) is 6.54 Å². The number of carbonyl (C=O) groups excluding carboxylic acids is 1. The highest BCUT2D eigenvalue weighted by molar-refractivity contribution is 5.80. The van der Waals surface area contributed by atoms with E-state index in [-0.39, 0.29) is 17.3 Å². The van der Waals surface area contributed by atoms with Crippen LogP contribution in [0.15, 0.2) is 35.9 Å². The Morgan fingerprint density at radius 3 is 2.87 bits per heavy atom. The summed E-state index contributed by atoms with van der Waals surface area (Å²) in [7, 11) is 0. The number of benzene rings is 1. The van der Waals surface area contributed by atoms with Crippen molar-refractivity contribution in [3.05, 3.63) is 46.0 Å². The molecule has 1 atom stereocenters. The standard InChI is InChI=1S/C17H22N2O4/c1-13(23-16-10-6-5-9-15(16)19(21)22)17(20)18-12-11-14-7-3-2-4-8-14/h5-7,9-10,13H,2-4,8,11-12H2,1H3,(H,18,20)/t13-/m0/s1. The van der Waals surface area contributed by atoms with E-state index in [2.05, 4.69) is 11.4 Å². The van der Waals surface area contributed by atoms with Crippen molar-refractivity contribution in [3.63, 3.8) is 0 Å². The topological polar surface area (TPSA) is 81.5 Å². The van der Waals surface area contributed by atoms with Crippen LogP contribution in [0.25, 0.3) is 0 Å². The van der Waals surface area contributed by atoms with Gasteiger partial charge < -0.3 is 10.1 Å². The van der Waals surface area contributed by atoms with Crippen LogP contribution in [0, 0.1) is 10.1 Å². The van der Waals surface area contributed by atoms with Gasteiger partial charge in [0.1, 0.15) is 0 Å². The average molecular weight is 318 g/mol. The van der Waals surface area contributed by atoms with Gasteiger partial charge in [0.05, 0.1) is 4.92 Å². The number of nitro groups is 1. The van der Waals surface area contributed by atoms with Gasteiger partial charge in [-0.3, -0.25) is 14.9 Å². The van der Waals surface area contributed by atoms with Gasteiger partial charge in [-0.25, -0.2) is 0 Å². The number of nitro benzene ring substituents is 1. The van der Waals surface area contributed by atoms with Crippen LogP contribution in [-0.2, 0) is 4.79 Å². The van der Waals surface area contributed by atoms with Gasteiger partial charge in [-0.1, -0.05) is 23.8 Å². The molecule has 0 heterocycles. The molecule has 0 aromatic heterocycles. The Kier molecular flexibility index (Phi) is 6.14.